The Bertz CT molecular complexity index is 641. The fraction of sp³-hybridized carbons (Fsp3) is 0.235. The van der Waals surface area contributed by atoms with E-state index in [0.717, 1.165) is 5.56 Å². The molecule has 0 aliphatic heterocycles. The molecule has 0 fully saturated rings. The zero-order valence-corrected chi connectivity index (χ0v) is 13.0. The van der Waals surface area contributed by atoms with E-state index in [1.54, 1.807) is 24.5 Å². The first kappa shape index (κ1) is 16.6. The minimum absolute atomic E-state index is 0.0729. The van der Waals surface area contributed by atoms with Crippen molar-refractivity contribution in [1.82, 2.24) is 21.2 Å². The van der Waals surface area contributed by atoms with Crippen LogP contribution in [0.4, 0.5) is 0 Å². The highest BCUT2D eigenvalue weighted by Crippen LogP contribution is 2.02. The van der Waals surface area contributed by atoms with Crippen LogP contribution < -0.4 is 16.2 Å². The Morgan fingerprint density at radius 1 is 1.04 bits per heavy atom. The second-order valence-electron chi connectivity index (χ2n) is 5.13. The molecular weight excluding hydrogens is 292 g/mol. The van der Waals surface area contributed by atoms with Gasteiger partial charge in [-0.1, -0.05) is 29.8 Å². The normalized spacial score (nSPS) is 10.1. The van der Waals surface area contributed by atoms with E-state index in [1.807, 2.05) is 31.2 Å². The van der Waals surface area contributed by atoms with E-state index in [1.165, 1.54) is 5.56 Å². The van der Waals surface area contributed by atoms with Crippen molar-refractivity contribution >= 4 is 11.8 Å². The molecule has 0 saturated carbocycles. The van der Waals surface area contributed by atoms with Gasteiger partial charge in [0.2, 0.25) is 5.91 Å². The SMILES string of the molecule is Cc1ccc(CNC(=O)CCNNC(=O)c2ccncc2)cc1. The Morgan fingerprint density at radius 2 is 1.74 bits per heavy atom. The Hall–Kier alpha value is -2.73. The van der Waals surface area contributed by atoms with E-state index >= 15 is 0 Å². The number of hydrazine groups is 1. The minimum atomic E-state index is -0.257. The molecule has 0 aliphatic rings. The molecule has 3 N–H and O–H groups in total. The number of nitrogens with one attached hydrogen (secondary N) is 3. The van der Waals surface area contributed by atoms with Crippen LogP contribution in [-0.2, 0) is 11.3 Å². The average Bonchev–Trinajstić information content (AvgIpc) is 2.59. The predicted molar refractivity (Wildman–Crippen MR) is 87.3 cm³/mol. The van der Waals surface area contributed by atoms with Gasteiger partial charge in [0.15, 0.2) is 0 Å². The van der Waals surface area contributed by atoms with Gasteiger partial charge in [0, 0.05) is 37.5 Å². The van der Waals surface area contributed by atoms with Gasteiger partial charge in [0.1, 0.15) is 0 Å². The van der Waals surface area contributed by atoms with E-state index in [9.17, 15) is 9.59 Å². The number of carbonyl (C=O) groups is 2. The smallest absolute Gasteiger partial charge is 0.265 e. The van der Waals surface area contributed by atoms with Crippen molar-refractivity contribution in [3.05, 3.63) is 65.5 Å². The molecular formula is C17H20N4O2. The van der Waals surface area contributed by atoms with Gasteiger partial charge in [0.25, 0.3) is 5.91 Å². The lowest BCUT2D eigenvalue weighted by molar-refractivity contribution is -0.121. The van der Waals surface area contributed by atoms with Gasteiger partial charge in [-0.2, -0.15) is 0 Å². The molecule has 0 saturated heterocycles. The molecule has 0 radical (unpaired) electrons. The summed E-state index contributed by atoms with van der Waals surface area (Å²) in [6, 6.07) is 11.2. The van der Waals surface area contributed by atoms with Crippen molar-refractivity contribution in [1.29, 1.82) is 0 Å². The molecule has 2 aromatic rings. The summed E-state index contributed by atoms with van der Waals surface area (Å²) in [6.45, 7) is 2.88. The van der Waals surface area contributed by atoms with Crippen LogP contribution in [0.1, 0.15) is 27.9 Å². The van der Waals surface area contributed by atoms with Crippen LogP contribution >= 0.6 is 0 Å². The van der Waals surface area contributed by atoms with Crippen molar-refractivity contribution in [2.24, 2.45) is 0 Å². The zero-order valence-electron chi connectivity index (χ0n) is 13.0. The zero-order chi connectivity index (χ0) is 16.5. The van der Waals surface area contributed by atoms with Crippen molar-refractivity contribution in [3.8, 4) is 0 Å². The first-order valence-electron chi connectivity index (χ1n) is 7.40. The number of amides is 2. The number of aryl methyl sites for hydroxylation is 1. The quantitative estimate of drug-likeness (QED) is 0.532. The van der Waals surface area contributed by atoms with E-state index in [4.69, 9.17) is 0 Å². The molecule has 0 atom stereocenters. The first-order valence-corrected chi connectivity index (χ1v) is 7.40. The first-order chi connectivity index (χ1) is 11.1. The second-order valence-corrected chi connectivity index (χ2v) is 5.13. The molecule has 0 bridgehead atoms. The summed E-state index contributed by atoms with van der Waals surface area (Å²) in [7, 11) is 0. The van der Waals surface area contributed by atoms with Crippen molar-refractivity contribution in [3.63, 3.8) is 0 Å². The molecule has 120 valence electrons. The highest BCUT2D eigenvalue weighted by Gasteiger charge is 2.04. The van der Waals surface area contributed by atoms with Crippen LogP contribution in [0.5, 0.6) is 0 Å². The summed E-state index contributed by atoms with van der Waals surface area (Å²) >= 11 is 0. The van der Waals surface area contributed by atoms with Crippen molar-refractivity contribution < 1.29 is 9.59 Å². The Labute approximate surface area is 135 Å². The highest BCUT2D eigenvalue weighted by atomic mass is 16.2. The summed E-state index contributed by atoms with van der Waals surface area (Å²) in [5.41, 5.74) is 8.03. The number of rotatable bonds is 7. The fourth-order valence-corrected chi connectivity index (χ4v) is 1.89. The lowest BCUT2D eigenvalue weighted by Crippen LogP contribution is -2.39. The van der Waals surface area contributed by atoms with Crippen LogP contribution in [0, 0.1) is 6.92 Å². The number of hydrogen-bond acceptors (Lipinski definition) is 4. The standard InChI is InChI=1S/C17H20N4O2/c1-13-2-4-14(5-3-13)12-19-16(22)8-11-20-21-17(23)15-6-9-18-10-7-15/h2-7,9-10,20H,8,11-12H2,1H3,(H,19,22)(H,21,23). The molecule has 1 aromatic carbocycles. The molecule has 1 heterocycles. The largest absolute Gasteiger partial charge is 0.352 e. The van der Waals surface area contributed by atoms with Crippen molar-refractivity contribution in [2.75, 3.05) is 6.54 Å². The van der Waals surface area contributed by atoms with E-state index in [0.29, 0.717) is 18.7 Å². The molecule has 2 amide bonds. The van der Waals surface area contributed by atoms with Gasteiger partial charge in [-0.15, -0.1) is 0 Å². The van der Waals surface area contributed by atoms with Crippen LogP contribution in [0.2, 0.25) is 0 Å². The van der Waals surface area contributed by atoms with E-state index < -0.39 is 0 Å². The number of hydrogen-bond donors (Lipinski definition) is 3. The molecule has 0 aliphatic carbocycles. The maximum absolute atomic E-state index is 11.7. The number of carbonyl (C=O) groups excluding carboxylic acids is 2. The maximum Gasteiger partial charge on any atom is 0.265 e. The molecule has 0 spiro atoms. The Kier molecular flexibility index (Phi) is 6.26. The van der Waals surface area contributed by atoms with E-state index in [-0.39, 0.29) is 18.2 Å². The number of benzene rings is 1. The van der Waals surface area contributed by atoms with Gasteiger partial charge >= 0.3 is 0 Å². The van der Waals surface area contributed by atoms with Crippen LogP contribution in [0.15, 0.2) is 48.8 Å². The van der Waals surface area contributed by atoms with Gasteiger partial charge in [-0.05, 0) is 24.6 Å². The number of pyridine rings is 1. The van der Waals surface area contributed by atoms with Gasteiger partial charge in [0.05, 0.1) is 0 Å². The molecule has 6 nitrogen and oxygen atoms in total. The number of nitrogens with zero attached hydrogens (tertiary/aromatic N) is 1. The van der Waals surface area contributed by atoms with Gasteiger partial charge in [-0.25, -0.2) is 5.43 Å². The minimum Gasteiger partial charge on any atom is -0.352 e. The average molecular weight is 312 g/mol. The molecule has 0 unspecified atom stereocenters. The third-order valence-electron chi connectivity index (χ3n) is 3.23. The van der Waals surface area contributed by atoms with Crippen LogP contribution in [-0.4, -0.2) is 23.3 Å². The molecule has 23 heavy (non-hydrogen) atoms. The summed E-state index contributed by atoms with van der Waals surface area (Å²) < 4.78 is 0. The van der Waals surface area contributed by atoms with E-state index in [2.05, 4.69) is 21.2 Å². The predicted octanol–water partition coefficient (Wildman–Crippen LogP) is 1.33. The Morgan fingerprint density at radius 3 is 2.43 bits per heavy atom. The highest BCUT2D eigenvalue weighted by molar-refractivity contribution is 5.93. The molecule has 2 rings (SSSR count). The van der Waals surface area contributed by atoms with Gasteiger partial charge < -0.3 is 5.32 Å². The number of aromatic nitrogens is 1. The molecule has 1 aromatic heterocycles. The van der Waals surface area contributed by atoms with Crippen LogP contribution in [0.3, 0.4) is 0 Å². The maximum atomic E-state index is 11.7. The van der Waals surface area contributed by atoms with Gasteiger partial charge in [-0.3, -0.25) is 20.0 Å². The summed E-state index contributed by atoms with van der Waals surface area (Å²) in [6.07, 6.45) is 3.38. The lowest BCUT2D eigenvalue weighted by Gasteiger charge is -2.08. The lowest BCUT2D eigenvalue weighted by atomic mass is 10.1. The van der Waals surface area contributed by atoms with Crippen molar-refractivity contribution in [2.45, 2.75) is 19.9 Å². The van der Waals surface area contributed by atoms with Crippen LogP contribution in [0.25, 0.3) is 0 Å². The third-order valence-corrected chi connectivity index (χ3v) is 3.23. The monoisotopic (exact) mass is 312 g/mol. The fourth-order valence-electron chi connectivity index (χ4n) is 1.89. The summed E-state index contributed by atoms with van der Waals surface area (Å²) in [5, 5.41) is 2.84. The topological polar surface area (TPSA) is 83.1 Å². The molecule has 6 heteroatoms. The summed E-state index contributed by atoms with van der Waals surface area (Å²) in [5.74, 6) is -0.330. The third kappa shape index (κ3) is 5.88. The summed E-state index contributed by atoms with van der Waals surface area (Å²) in [4.78, 5) is 27.3. The Balaban J connectivity index is 1.61. The second kappa shape index (κ2) is 8.65.